The lowest BCUT2D eigenvalue weighted by Crippen LogP contribution is -2.40. The van der Waals surface area contributed by atoms with Crippen molar-refractivity contribution in [3.05, 3.63) is 57.0 Å². The van der Waals surface area contributed by atoms with Crippen LogP contribution >= 0.6 is 34.8 Å². The van der Waals surface area contributed by atoms with Gasteiger partial charge < -0.3 is 15.2 Å². The number of benzene rings is 2. The minimum absolute atomic E-state index is 0.170. The van der Waals surface area contributed by atoms with E-state index in [-0.39, 0.29) is 23.7 Å². The summed E-state index contributed by atoms with van der Waals surface area (Å²) in [5.41, 5.74) is 1.61. The molecule has 8 nitrogen and oxygen atoms in total. The highest BCUT2D eigenvalue weighted by molar-refractivity contribution is 6.36. The number of nitrogens with one attached hydrogen (secondary N) is 3. The normalized spacial score (nSPS) is 10.7. The van der Waals surface area contributed by atoms with Crippen LogP contribution in [0.5, 0.6) is 0 Å². The molecule has 0 radical (unpaired) electrons. The van der Waals surface area contributed by atoms with Gasteiger partial charge in [-0.05, 0) is 36.4 Å². The molecule has 0 fully saturated rings. The number of aryl methyl sites for hydroxylation is 1. The lowest BCUT2D eigenvalue weighted by molar-refractivity contribution is -0.123. The quantitative estimate of drug-likeness (QED) is 0.517. The molecule has 30 heavy (non-hydrogen) atoms. The van der Waals surface area contributed by atoms with Gasteiger partial charge >= 0.3 is 0 Å². The minimum atomic E-state index is -0.541. The molecule has 0 saturated heterocycles. The van der Waals surface area contributed by atoms with Crippen molar-refractivity contribution >= 4 is 69.5 Å². The van der Waals surface area contributed by atoms with E-state index in [4.69, 9.17) is 34.8 Å². The second kappa shape index (κ2) is 9.34. The maximum Gasteiger partial charge on any atom is 0.253 e. The van der Waals surface area contributed by atoms with Gasteiger partial charge in [0.25, 0.3) is 5.91 Å². The number of carbonyl (C=O) groups excluding carboxylic acids is 3. The summed E-state index contributed by atoms with van der Waals surface area (Å²) in [5, 5.41) is 8.56. The number of amides is 3. The molecule has 3 rings (SSSR count). The number of nitrogens with zero attached hydrogens (tertiary/aromatic N) is 2. The van der Waals surface area contributed by atoms with Crippen LogP contribution in [0, 0.1) is 0 Å². The Morgan fingerprint density at radius 2 is 1.60 bits per heavy atom. The van der Waals surface area contributed by atoms with Crippen molar-refractivity contribution in [1.82, 2.24) is 20.2 Å². The highest BCUT2D eigenvalue weighted by atomic mass is 35.5. The maximum atomic E-state index is 12.1. The van der Waals surface area contributed by atoms with Crippen LogP contribution < -0.4 is 16.0 Å². The number of hydrogen-bond acceptors (Lipinski definition) is 4. The molecule has 2 aromatic carbocycles. The molecule has 3 N–H and O–H groups in total. The van der Waals surface area contributed by atoms with E-state index in [1.807, 2.05) is 0 Å². The molecule has 0 atom stereocenters. The zero-order chi connectivity index (χ0) is 21.8. The molecule has 0 bridgehead atoms. The van der Waals surface area contributed by atoms with Crippen molar-refractivity contribution in [1.29, 1.82) is 0 Å². The number of imidazole rings is 1. The topological polar surface area (TPSA) is 105 Å². The van der Waals surface area contributed by atoms with Gasteiger partial charge in [0.2, 0.25) is 17.8 Å². The molecule has 0 aliphatic heterocycles. The third kappa shape index (κ3) is 5.21. The molecular formula is C19H16Cl3N5O3. The van der Waals surface area contributed by atoms with Crippen molar-refractivity contribution in [2.24, 2.45) is 7.05 Å². The fourth-order valence-electron chi connectivity index (χ4n) is 2.62. The smallest absolute Gasteiger partial charge is 0.253 e. The van der Waals surface area contributed by atoms with Crippen LogP contribution in [0.3, 0.4) is 0 Å². The Morgan fingerprint density at radius 3 is 2.33 bits per heavy atom. The summed E-state index contributed by atoms with van der Waals surface area (Å²) in [4.78, 5) is 40.4. The lowest BCUT2D eigenvalue weighted by atomic mass is 10.2. The van der Waals surface area contributed by atoms with Crippen molar-refractivity contribution in [2.45, 2.75) is 0 Å². The Bertz CT molecular complexity index is 1150. The maximum absolute atomic E-state index is 12.1. The number of halogens is 3. The molecule has 3 aromatic rings. The van der Waals surface area contributed by atoms with Crippen molar-refractivity contribution < 1.29 is 14.4 Å². The van der Waals surface area contributed by atoms with E-state index in [0.717, 1.165) is 5.52 Å². The lowest BCUT2D eigenvalue weighted by Gasteiger charge is -2.09. The average Bonchev–Trinajstić information content (AvgIpc) is 2.99. The number of carbonyl (C=O) groups is 3. The Hall–Kier alpha value is -2.81. The first-order chi connectivity index (χ1) is 14.2. The molecule has 0 aliphatic rings. The summed E-state index contributed by atoms with van der Waals surface area (Å²) >= 11 is 17.7. The SMILES string of the molecule is Cn1c(NC(=O)CNC(=O)CNC(=O)c2ccc(Cl)cc2Cl)nc2cc(Cl)ccc21. The van der Waals surface area contributed by atoms with Gasteiger partial charge in [-0.25, -0.2) is 4.98 Å². The van der Waals surface area contributed by atoms with E-state index >= 15 is 0 Å². The largest absolute Gasteiger partial charge is 0.345 e. The third-order valence-electron chi connectivity index (χ3n) is 4.13. The van der Waals surface area contributed by atoms with Crippen LogP contribution in [0.25, 0.3) is 11.0 Å². The monoisotopic (exact) mass is 467 g/mol. The summed E-state index contributed by atoms with van der Waals surface area (Å²) in [7, 11) is 1.74. The fourth-order valence-corrected chi connectivity index (χ4v) is 3.29. The Morgan fingerprint density at radius 1 is 0.933 bits per heavy atom. The number of rotatable bonds is 6. The highest BCUT2D eigenvalue weighted by Gasteiger charge is 2.14. The van der Waals surface area contributed by atoms with Gasteiger partial charge in [-0.3, -0.25) is 19.7 Å². The van der Waals surface area contributed by atoms with Crippen LogP contribution in [-0.4, -0.2) is 40.4 Å². The van der Waals surface area contributed by atoms with Crippen LogP contribution in [-0.2, 0) is 16.6 Å². The summed E-state index contributed by atoms with van der Waals surface area (Å²) < 4.78 is 1.70. The highest BCUT2D eigenvalue weighted by Crippen LogP contribution is 2.22. The number of anilines is 1. The molecule has 0 unspecified atom stereocenters. The van der Waals surface area contributed by atoms with Gasteiger partial charge in [-0.2, -0.15) is 0 Å². The number of fused-ring (bicyclic) bond motifs is 1. The minimum Gasteiger partial charge on any atom is -0.345 e. The van der Waals surface area contributed by atoms with E-state index in [1.165, 1.54) is 18.2 Å². The van der Waals surface area contributed by atoms with Gasteiger partial charge in [-0.1, -0.05) is 34.8 Å². The van der Waals surface area contributed by atoms with Crippen molar-refractivity contribution in [3.63, 3.8) is 0 Å². The average molecular weight is 469 g/mol. The summed E-state index contributed by atoms with van der Waals surface area (Å²) in [6.07, 6.45) is 0. The van der Waals surface area contributed by atoms with Gasteiger partial charge in [-0.15, -0.1) is 0 Å². The predicted molar refractivity (Wildman–Crippen MR) is 116 cm³/mol. The van der Waals surface area contributed by atoms with E-state index in [9.17, 15) is 14.4 Å². The molecule has 3 amide bonds. The molecule has 1 aromatic heterocycles. The summed E-state index contributed by atoms with van der Waals surface area (Å²) in [6.45, 7) is -0.615. The van der Waals surface area contributed by atoms with E-state index in [2.05, 4.69) is 20.9 Å². The van der Waals surface area contributed by atoms with Gasteiger partial charge in [0.05, 0.1) is 34.7 Å². The Balaban J connectivity index is 1.49. The summed E-state index contributed by atoms with van der Waals surface area (Å²) in [5.74, 6) is -1.23. The van der Waals surface area contributed by atoms with Gasteiger partial charge in [0, 0.05) is 17.1 Å². The van der Waals surface area contributed by atoms with Crippen LogP contribution in [0.1, 0.15) is 10.4 Å². The zero-order valence-electron chi connectivity index (χ0n) is 15.6. The van der Waals surface area contributed by atoms with Gasteiger partial charge in [0.1, 0.15) is 0 Å². The Labute approximate surface area is 186 Å². The molecule has 156 valence electrons. The second-order valence-electron chi connectivity index (χ2n) is 6.26. The Kier molecular flexibility index (Phi) is 6.81. The van der Waals surface area contributed by atoms with Crippen LogP contribution in [0.2, 0.25) is 15.1 Å². The summed E-state index contributed by atoms with van der Waals surface area (Å²) in [6, 6.07) is 9.60. The fraction of sp³-hybridized carbons (Fsp3) is 0.158. The molecular weight excluding hydrogens is 453 g/mol. The molecule has 1 heterocycles. The molecule has 11 heteroatoms. The van der Waals surface area contributed by atoms with E-state index in [0.29, 0.717) is 21.5 Å². The van der Waals surface area contributed by atoms with Gasteiger partial charge in [0.15, 0.2) is 0 Å². The molecule has 0 spiro atoms. The van der Waals surface area contributed by atoms with E-state index in [1.54, 1.807) is 29.8 Å². The van der Waals surface area contributed by atoms with Crippen LogP contribution in [0.4, 0.5) is 5.95 Å². The first-order valence-electron chi connectivity index (χ1n) is 8.66. The standard InChI is InChI=1S/C19H16Cl3N5O3/c1-27-15-5-3-11(21)7-14(15)25-19(27)26-17(29)9-23-16(28)8-24-18(30)12-4-2-10(20)6-13(12)22/h2-7H,8-9H2,1H3,(H,23,28)(H,24,30)(H,25,26,29). The van der Waals surface area contributed by atoms with Crippen molar-refractivity contribution in [2.75, 3.05) is 18.4 Å². The number of aromatic nitrogens is 2. The first-order valence-corrected chi connectivity index (χ1v) is 9.80. The first kappa shape index (κ1) is 21.9. The zero-order valence-corrected chi connectivity index (χ0v) is 17.9. The van der Waals surface area contributed by atoms with Crippen molar-refractivity contribution in [3.8, 4) is 0 Å². The molecule has 0 aliphatic carbocycles. The molecule has 0 saturated carbocycles. The third-order valence-corrected chi connectivity index (χ3v) is 4.91. The predicted octanol–water partition coefficient (Wildman–Crippen LogP) is 3.02. The van der Waals surface area contributed by atoms with Crippen LogP contribution in [0.15, 0.2) is 36.4 Å². The van der Waals surface area contributed by atoms with E-state index < -0.39 is 17.7 Å². The second-order valence-corrected chi connectivity index (χ2v) is 7.54. The number of hydrogen-bond donors (Lipinski definition) is 3.